The average molecular weight is 305 g/mol. The first kappa shape index (κ1) is 14.2. The Hall–Kier alpha value is -2.72. The number of hydrogen-bond acceptors (Lipinski definition) is 2. The highest BCUT2D eigenvalue weighted by atomic mass is 32.1. The van der Waals surface area contributed by atoms with E-state index in [9.17, 15) is 0 Å². The molecular formula is C18H15N3S. The van der Waals surface area contributed by atoms with Gasteiger partial charge >= 0.3 is 0 Å². The number of thiocarbonyl (C=S) groups is 1. The molecule has 0 saturated carbocycles. The van der Waals surface area contributed by atoms with E-state index >= 15 is 0 Å². The smallest absolute Gasteiger partial charge is 0.191 e. The van der Waals surface area contributed by atoms with E-state index in [4.69, 9.17) is 12.2 Å². The number of hydrazone groups is 1. The fraction of sp³-hybridized carbons (Fsp3) is 0. The molecule has 4 heteroatoms. The molecule has 0 saturated heterocycles. The van der Waals surface area contributed by atoms with Gasteiger partial charge in [0.15, 0.2) is 5.11 Å². The lowest BCUT2D eigenvalue weighted by Crippen LogP contribution is -2.23. The SMILES string of the molecule is S=C(N/N=C\c1cccc2ccccc12)Nc1ccccc1. The molecular weight excluding hydrogens is 290 g/mol. The summed E-state index contributed by atoms with van der Waals surface area (Å²) in [7, 11) is 0. The van der Waals surface area contributed by atoms with Crippen LogP contribution in [0.15, 0.2) is 77.9 Å². The first-order chi connectivity index (χ1) is 10.8. The first-order valence-corrected chi connectivity index (χ1v) is 7.36. The Bertz CT molecular complexity index is 807. The van der Waals surface area contributed by atoms with Crippen molar-refractivity contribution in [1.29, 1.82) is 0 Å². The molecule has 0 radical (unpaired) electrons. The number of benzene rings is 3. The summed E-state index contributed by atoms with van der Waals surface area (Å²) in [5.74, 6) is 0. The van der Waals surface area contributed by atoms with Gasteiger partial charge in [-0.3, -0.25) is 5.43 Å². The van der Waals surface area contributed by atoms with Gasteiger partial charge in [-0.25, -0.2) is 0 Å². The highest BCUT2D eigenvalue weighted by Gasteiger charge is 1.98. The zero-order valence-corrected chi connectivity index (χ0v) is 12.7. The zero-order chi connectivity index (χ0) is 15.2. The lowest BCUT2D eigenvalue weighted by Gasteiger charge is -2.06. The summed E-state index contributed by atoms with van der Waals surface area (Å²) in [5, 5.41) is 10.1. The largest absolute Gasteiger partial charge is 0.331 e. The maximum absolute atomic E-state index is 5.21. The molecule has 3 nitrogen and oxygen atoms in total. The van der Waals surface area contributed by atoms with Crippen LogP contribution < -0.4 is 10.7 Å². The second kappa shape index (κ2) is 6.83. The van der Waals surface area contributed by atoms with Crippen molar-refractivity contribution in [3.05, 3.63) is 78.4 Å². The van der Waals surface area contributed by atoms with E-state index in [1.807, 2.05) is 54.6 Å². The minimum Gasteiger partial charge on any atom is -0.331 e. The van der Waals surface area contributed by atoms with Gasteiger partial charge in [0.05, 0.1) is 6.21 Å². The molecule has 2 N–H and O–H groups in total. The normalized spacial score (nSPS) is 10.7. The van der Waals surface area contributed by atoms with E-state index in [0.29, 0.717) is 5.11 Å². The molecule has 22 heavy (non-hydrogen) atoms. The monoisotopic (exact) mass is 305 g/mol. The zero-order valence-electron chi connectivity index (χ0n) is 11.9. The van der Waals surface area contributed by atoms with Crippen LogP contribution in [0, 0.1) is 0 Å². The van der Waals surface area contributed by atoms with Crippen molar-refractivity contribution in [3.63, 3.8) is 0 Å². The summed E-state index contributed by atoms with van der Waals surface area (Å²) in [5.41, 5.74) is 4.81. The molecule has 0 heterocycles. The van der Waals surface area contributed by atoms with E-state index in [2.05, 4.69) is 34.0 Å². The summed E-state index contributed by atoms with van der Waals surface area (Å²) in [6.45, 7) is 0. The number of rotatable bonds is 3. The van der Waals surface area contributed by atoms with Crippen LogP contribution in [0.25, 0.3) is 10.8 Å². The Morgan fingerprint density at radius 3 is 2.45 bits per heavy atom. The van der Waals surface area contributed by atoms with Crippen molar-refractivity contribution >= 4 is 40.0 Å². The Labute approximate surface area is 134 Å². The van der Waals surface area contributed by atoms with Gasteiger partial charge in [0, 0.05) is 11.3 Å². The van der Waals surface area contributed by atoms with Gasteiger partial charge in [0.2, 0.25) is 0 Å². The molecule has 3 aromatic rings. The van der Waals surface area contributed by atoms with Gasteiger partial charge in [-0.2, -0.15) is 5.10 Å². The Morgan fingerprint density at radius 1 is 0.864 bits per heavy atom. The number of nitrogens with zero attached hydrogens (tertiary/aromatic N) is 1. The molecule has 3 aromatic carbocycles. The van der Waals surface area contributed by atoms with Gasteiger partial charge in [0.25, 0.3) is 0 Å². The summed E-state index contributed by atoms with van der Waals surface area (Å²) in [6, 6.07) is 24.1. The van der Waals surface area contributed by atoms with E-state index in [0.717, 1.165) is 16.6 Å². The fourth-order valence-electron chi connectivity index (χ4n) is 2.20. The third kappa shape index (κ3) is 3.48. The number of hydrogen-bond donors (Lipinski definition) is 2. The predicted octanol–water partition coefficient (Wildman–Crippen LogP) is 4.16. The molecule has 0 aliphatic heterocycles. The standard InChI is InChI=1S/C18H15N3S/c22-18(20-16-10-2-1-3-11-16)21-19-13-15-9-6-8-14-7-4-5-12-17(14)15/h1-13H,(H2,20,21,22)/b19-13-. The molecule has 0 aliphatic carbocycles. The van der Waals surface area contributed by atoms with E-state index < -0.39 is 0 Å². The van der Waals surface area contributed by atoms with Crippen LogP contribution in [0.3, 0.4) is 0 Å². The van der Waals surface area contributed by atoms with Crippen LogP contribution in [0.1, 0.15) is 5.56 Å². The molecule has 0 amide bonds. The molecule has 0 aromatic heterocycles. The molecule has 3 rings (SSSR count). The predicted molar refractivity (Wildman–Crippen MR) is 97.3 cm³/mol. The maximum Gasteiger partial charge on any atom is 0.191 e. The first-order valence-electron chi connectivity index (χ1n) is 6.96. The third-order valence-electron chi connectivity index (χ3n) is 3.22. The Balaban J connectivity index is 1.67. The molecule has 108 valence electrons. The van der Waals surface area contributed by atoms with Gasteiger partial charge in [-0.1, -0.05) is 60.7 Å². The summed E-state index contributed by atoms with van der Waals surface area (Å²) < 4.78 is 0. The van der Waals surface area contributed by atoms with Crippen LogP contribution in [-0.4, -0.2) is 11.3 Å². The van der Waals surface area contributed by atoms with E-state index in [-0.39, 0.29) is 0 Å². The van der Waals surface area contributed by atoms with Gasteiger partial charge in [0.1, 0.15) is 0 Å². The molecule has 0 bridgehead atoms. The van der Waals surface area contributed by atoms with Crippen molar-refractivity contribution < 1.29 is 0 Å². The topological polar surface area (TPSA) is 36.4 Å². The highest BCUT2D eigenvalue weighted by Crippen LogP contribution is 2.16. The molecule has 0 atom stereocenters. The fourth-order valence-corrected chi connectivity index (χ4v) is 2.37. The Kier molecular flexibility index (Phi) is 4.41. The molecule has 0 unspecified atom stereocenters. The third-order valence-corrected chi connectivity index (χ3v) is 3.42. The van der Waals surface area contributed by atoms with E-state index in [1.54, 1.807) is 6.21 Å². The lowest BCUT2D eigenvalue weighted by molar-refractivity contribution is 1.05. The van der Waals surface area contributed by atoms with Crippen molar-refractivity contribution in [2.45, 2.75) is 0 Å². The van der Waals surface area contributed by atoms with Crippen LogP contribution in [0.4, 0.5) is 5.69 Å². The summed E-state index contributed by atoms with van der Waals surface area (Å²) >= 11 is 5.21. The van der Waals surface area contributed by atoms with Gasteiger partial charge < -0.3 is 5.32 Å². The van der Waals surface area contributed by atoms with Crippen molar-refractivity contribution in [3.8, 4) is 0 Å². The summed E-state index contributed by atoms with van der Waals surface area (Å²) in [4.78, 5) is 0. The Morgan fingerprint density at radius 2 is 1.59 bits per heavy atom. The minimum absolute atomic E-state index is 0.461. The summed E-state index contributed by atoms with van der Waals surface area (Å²) in [6.07, 6.45) is 1.78. The van der Waals surface area contributed by atoms with Crippen molar-refractivity contribution in [2.75, 3.05) is 5.32 Å². The van der Waals surface area contributed by atoms with Gasteiger partial charge in [-0.15, -0.1) is 0 Å². The number of anilines is 1. The quantitative estimate of drug-likeness (QED) is 0.433. The minimum atomic E-state index is 0.461. The van der Waals surface area contributed by atoms with Crippen LogP contribution >= 0.6 is 12.2 Å². The van der Waals surface area contributed by atoms with Crippen LogP contribution in [0.2, 0.25) is 0 Å². The van der Waals surface area contributed by atoms with E-state index in [1.165, 1.54) is 5.39 Å². The number of fused-ring (bicyclic) bond motifs is 1. The number of para-hydroxylation sites is 1. The van der Waals surface area contributed by atoms with Crippen LogP contribution in [-0.2, 0) is 0 Å². The number of nitrogens with one attached hydrogen (secondary N) is 2. The lowest BCUT2D eigenvalue weighted by atomic mass is 10.1. The highest BCUT2D eigenvalue weighted by molar-refractivity contribution is 7.80. The average Bonchev–Trinajstić information content (AvgIpc) is 2.56. The second-order valence-corrected chi connectivity index (χ2v) is 5.17. The van der Waals surface area contributed by atoms with Crippen molar-refractivity contribution in [2.24, 2.45) is 5.10 Å². The molecule has 0 aliphatic rings. The van der Waals surface area contributed by atoms with Gasteiger partial charge in [-0.05, 0) is 35.1 Å². The second-order valence-electron chi connectivity index (χ2n) is 4.76. The maximum atomic E-state index is 5.21. The van der Waals surface area contributed by atoms with Crippen molar-refractivity contribution in [1.82, 2.24) is 5.43 Å². The molecule has 0 fully saturated rings. The molecule has 0 spiro atoms. The van der Waals surface area contributed by atoms with Crippen LogP contribution in [0.5, 0.6) is 0 Å².